The Balaban J connectivity index is 1.78. The fourth-order valence-electron chi connectivity index (χ4n) is 2.63. The topological polar surface area (TPSA) is 84.9 Å². The van der Waals surface area contributed by atoms with E-state index in [-0.39, 0.29) is 0 Å². The molecule has 0 atom stereocenters. The molecule has 9 heteroatoms. The molecule has 2 N–H and O–H groups in total. The number of aryl methyl sites for hydroxylation is 2. The standard InChI is InChI=1S/C17H30N8S/c1-13(2)12-25-15(22-23-17(25)26-5)7-6-9-19-16(18-3)20-11-14-8-10-21-24(14)4/h8,10,13H,6-7,9,11-12H2,1-5H3,(H2,18,19,20). The molecule has 0 spiro atoms. The Hall–Kier alpha value is -2.03. The number of nitrogens with zero attached hydrogens (tertiary/aromatic N) is 6. The number of aliphatic imine (C=N–C) groups is 1. The van der Waals surface area contributed by atoms with Crippen LogP contribution in [0.2, 0.25) is 0 Å². The van der Waals surface area contributed by atoms with Gasteiger partial charge in [0.1, 0.15) is 5.82 Å². The molecule has 8 nitrogen and oxygen atoms in total. The summed E-state index contributed by atoms with van der Waals surface area (Å²) >= 11 is 1.65. The molecule has 0 aliphatic heterocycles. The third-order valence-corrected chi connectivity index (χ3v) is 4.64. The molecule has 0 radical (unpaired) electrons. The van der Waals surface area contributed by atoms with Gasteiger partial charge in [-0.05, 0) is 24.7 Å². The van der Waals surface area contributed by atoms with Gasteiger partial charge in [0.15, 0.2) is 11.1 Å². The van der Waals surface area contributed by atoms with Gasteiger partial charge >= 0.3 is 0 Å². The lowest BCUT2D eigenvalue weighted by Crippen LogP contribution is -2.37. The number of guanidine groups is 1. The first-order chi connectivity index (χ1) is 12.5. The van der Waals surface area contributed by atoms with Crippen molar-refractivity contribution in [2.24, 2.45) is 18.0 Å². The Morgan fingerprint density at radius 2 is 2.12 bits per heavy atom. The molecule has 2 aromatic heterocycles. The summed E-state index contributed by atoms with van der Waals surface area (Å²) < 4.78 is 4.09. The highest BCUT2D eigenvalue weighted by Gasteiger charge is 2.12. The largest absolute Gasteiger partial charge is 0.356 e. The summed E-state index contributed by atoms with van der Waals surface area (Å²) in [6, 6.07) is 1.99. The number of nitrogens with one attached hydrogen (secondary N) is 2. The molecule has 2 aromatic rings. The summed E-state index contributed by atoms with van der Waals surface area (Å²) in [7, 11) is 3.71. The summed E-state index contributed by atoms with van der Waals surface area (Å²) in [5.74, 6) is 2.42. The van der Waals surface area contributed by atoms with Crippen LogP contribution in [-0.4, -0.2) is 50.4 Å². The van der Waals surface area contributed by atoms with Gasteiger partial charge in [-0.3, -0.25) is 9.67 Å². The molecule has 0 saturated heterocycles. The highest BCUT2D eigenvalue weighted by atomic mass is 32.2. The number of rotatable bonds is 9. The van der Waals surface area contributed by atoms with Crippen LogP contribution in [-0.2, 0) is 26.6 Å². The Labute approximate surface area is 159 Å². The molecule has 2 rings (SSSR count). The quantitative estimate of drug-likeness (QED) is 0.299. The SMILES string of the molecule is CN=C(NCCCc1nnc(SC)n1CC(C)C)NCc1ccnn1C. The lowest BCUT2D eigenvalue weighted by atomic mass is 10.2. The van der Waals surface area contributed by atoms with Crippen molar-refractivity contribution in [3.63, 3.8) is 0 Å². The zero-order valence-electron chi connectivity index (χ0n) is 16.4. The third-order valence-electron chi connectivity index (χ3n) is 3.98. The van der Waals surface area contributed by atoms with Gasteiger partial charge in [0, 0.05) is 39.8 Å². The van der Waals surface area contributed by atoms with Crippen molar-refractivity contribution >= 4 is 17.7 Å². The van der Waals surface area contributed by atoms with Gasteiger partial charge in [-0.15, -0.1) is 10.2 Å². The van der Waals surface area contributed by atoms with Crippen LogP contribution in [0.4, 0.5) is 0 Å². The molecule has 0 aliphatic carbocycles. The molecule has 2 heterocycles. The normalized spacial score (nSPS) is 12.0. The minimum absolute atomic E-state index is 0.573. The molecule has 0 fully saturated rings. The van der Waals surface area contributed by atoms with E-state index in [1.54, 1.807) is 25.0 Å². The number of hydrogen-bond acceptors (Lipinski definition) is 5. The van der Waals surface area contributed by atoms with Gasteiger partial charge in [-0.1, -0.05) is 25.6 Å². The monoisotopic (exact) mass is 378 g/mol. The lowest BCUT2D eigenvalue weighted by Gasteiger charge is -2.13. The van der Waals surface area contributed by atoms with Crippen LogP contribution in [0.3, 0.4) is 0 Å². The molecule has 0 unspecified atom stereocenters. The van der Waals surface area contributed by atoms with E-state index >= 15 is 0 Å². The van der Waals surface area contributed by atoms with Crippen LogP contribution in [0.1, 0.15) is 31.8 Å². The van der Waals surface area contributed by atoms with Crippen molar-refractivity contribution in [2.75, 3.05) is 19.8 Å². The smallest absolute Gasteiger partial charge is 0.191 e. The Kier molecular flexibility index (Phi) is 7.96. The second-order valence-corrected chi connectivity index (χ2v) is 7.28. The van der Waals surface area contributed by atoms with Gasteiger partial charge in [0.25, 0.3) is 0 Å². The number of aromatic nitrogens is 5. The van der Waals surface area contributed by atoms with Crippen LogP contribution in [0.25, 0.3) is 0 Å². The Morgan fingerprint density at radius 3 is 2.73 bits per heavy atom. The first-order valence-corrected chi connectivity index (χ1v) is 10.1. The van der Waals surface area contributed by atoms with Crippen LogP contribution in [0.15, 0.2) is 22.4 Å². The molecular weight excluding hydrogens is 348 g/mol. The first-order valence-electron chi connectivity index (χ1n) is 8.92. The van der Waals surface area contributed by atoms with Gasteiger partial charge in [0.2, 0.25) is 0 Å². The average molecular weight is 379 g/mol. The predicted molar refractivity (Wildman–Crippen MR) is 106 cm³/mol. The predicted octanol–water partition coefficient (Wildman–Crippen LogP) is 1.69. The minimum Gasteiger partial charge on any atom is -0.356 e. The van der Waals surface area contributed by atoms with Crippen molar-refractivity contribution < 1.29 is 0 Å². The van der Waals surface area contributed by atoms with E-state index in [4.69, 9.17) is 0 Å². The molecule has 144 valence electrons. The van der Waals surface area contributed by atoms with E-state index in [9.17, 15) is 0 Å². The highest BCUT2D eigenvalue weighted by Crippen LogP contribution is 2.16. The summed E-state index contributed by atoms with van der Waals surface area (Å²) in [5, 5.41) is 20.5. The Bertz CT molecular complexity index is 703. The lowest BCUT2D eigenvalue weighted by molar-refractivity contribution is 0.477. The maximum atomic E-state index is 4.37. The maximum absolute atomic E-state index is 4.37. The fraction of sp³-hybridized carbons (Fsp3) is 0.647. The molecular formula is C17H30N8S. The van der Waals surface area contributed by atoms with Gasteiger partial charge in [-0.2, -0.15) is 5.10 Å². The van der Waals surface area contributed by atoms with Crippen LogP contribution in [0.5, 0.6) is 0 Å². The van der Waals surface area contributed by atoms with Crippen molar-refractivity contribution in [1.29, 1.82) is 0 Å². The van der Waals surface area contributed by atoms with E-state index in [1.807, 2.05) is 24.1 Å². The number of hydrogen-bond donors (Lipinski definition) is 2. The van der Waals surface area contributed by atoms with Crippen molar-refractivity contribution in [2.45, 2.75) is 44.9 Å². The maximum Gasteiger partial charge on any atom is 0.191 e. The highest BCUT2D eigenvalue weighted by molar-refractivity contribution is 7.98. The second-order valence-electron chi connectivity index (χ2n) is 6.51. The van der Waals surface area contributed by atoms with E-state index in [2.05, 4.69) is 49.3 Å². The van der Waals surface area contributed by atoms with E-state index in [0.717, 1.165) is 48.6 Å². The van der Waals surface area contributed by atoms with Crippen LogP contribution < -0.4 is 10.6 Å². The fourth-order valence-corrected chi connectivity index (χ4v) is 3.15. The van der Waals surface area contributed by atoms with E-state index in [1.165, 1.54) is 0 Å². The van der Waals surface area contributed by atoms with Crippen LogP contribution >= 0.6 is 11.8 Å². The second kappa shape index (κ2) is 10.2. The van der Waals surface area contributed by atoms with Crippen molar-refractivity contribution in [3.05, 3.63) is 23.8 Å². The molecule has 0 amide bonds. The summed E-state index contributed by atoms with van der Waals surface area (Å²) in [4.78, 5) is 4.26. The van der Waals surface area contributed by atoms with E-state index in [0.29, 0.717) is 12.5 Å². The first kappa shape index (κ1) is 20.3. The van der Waals surface area contributed by atoms with Gasteiger partial charge < -0.3 is 15.2 Å². The summed E-state index contributed by atoms with van der Waals surface area (Å²) in [6.07, 6.45) is 5.70. The average Bonchev–Trinajstić information content (AvgIpc) is 3.20. The number of thioether (sulfide) groups is 1. The van der Waals surface area contributed by atoms with Gasteiger partial charge in [-0.25, -0.2) is 0 Å². The van der Waals surface area contributed by atoms with Crippen molar-refractivity contribution in [1.82, 2.24) is 35.2 Å². The summed E-state index contributed by atoms with van der Waals surface area (Å²) in [6.45, 7) is 6.91. The zero-order chi connectivity index (χ0) is 18.9. The molecule has 0 aromatic carbocycles. The third kappa shape index (κ3) is 5.76. The molecule has 0 saturated carbocycles. The minimum atomic E-state index is 0.573. The molecule has 0 bridgehead atoms. The molecule has 0 aliphatic rings. The van der Waals surface area contributed by atoms with Crippen molar-refractivity contribution in [3.8, 4) is 0 Å². The van der Waals surface area contributed by atoms with Gasteiger partial charge in [0.05, 0.1) is 12.2 Å². The van der Waals surface area contributed by atoms with Crippen LogP contribution in [0, 0.1) is 5.92 Å². The summed E-state index contributed by atoms with van der Waals surface area (Å²) in [5.41, 5.74) is 1.11. The Morgan fingerprint density at radius 1 is 1.31 bits per heavy atom. The van der Waals surface area contributed by atoms with E-state index < -0.39 is 0 Å². The molecule has 26 heavy (non-hydrogen) atoms. The zero-order valence-corrected chi connectivity index (χ0v) is 17.2.